The number of benzene rings is 1. The second kappa shape index (κ2) is 5.81. The number of morpholine rings is 1. The van der Waals surface area contributed by atoms with E-state index in [2.05, 4.69) is 26.9 Å². The van der Waals surface area contributed by atoms with Crippen molar-refractivity contribution in [2.75, 3.05) is 18.1 Å². The molecule has 1 saturated heterocycles. The Morgan fingerprint density at radius 1 is 1.32 bits per heavy atom. The third-order valence-electron chi connectivity index (χ3n) is 4.26. The molecular formula is C15H20BrNO2. The molecule has 0 aromatic heterocycles. The summed E-state index contributed by atoms with van der Waals surface area (Å²) in [5.41, 5.74) is 2.17. The number of anilines is 1. The van der Waals surface area contributed by atoms with Gasteiger partial charge in [0, 0.05) is 22.3 Å². The lowest BCUT2D eigenvalue weighted by Gasteiger charge is -2.45. The highest BCUT2D eigenvalue weighted by Gasteiger charge is 2.34. The molecule has 1 aliphatic heterocycles. The van der Waals surface area contributed by atoms with Crippen LogP contribution in [0.4, 0.5) is 5.69 Å². The van der Waals surface area contributed by atoms with E-state index in [1.807, 2.05) is 12.1 Å². The first kappa shape index (κ1) is 13.4. The molecule has 0 bridgehead atoms. The van der Waals surface area contributed by atoms with Crippen LogP contribution in [-0.4, -0.2) is 30.4 Å². The van der Waals surface area contributed by atoms with E-state index in [1.54, 1.807) is 0 Å². The minimum absolute atomic E-state index is 0.0946. The van der Waals surface area contributed by atoms with E-state index in [9.17, 15) is 5.11 Å². The molecule has 3 nitrogen and oxygen atoms in total. The maximum atomic E-state index is 9.56. The first-order chi connectivity index (χ1) is 9.29. The standard InChI is InChI=1S/C15H20BrNO2/c16-12-6-5-11(10-18)14(9-12)17-7-8-19-15-4-2-1-3-13(15)17/h5-6,9,13,15,18H,1-4,7-8,10H2. The van der Waals surface area contributed by atoms with Crippen molar-refractivity contribution in [3.05, 3.63) is 28.2 Å². The first-order valence-corrected chi connectivity index (χ1v) is 7.86. The molecule has 2 fully saturated rings. The van der Waals surface area contributed by atoms with Crippen LogP contribution in [0, 0.1) is 0 Å². The van der Waals surface area contributed by atoms with E-state index in [-0.39, 0.29) is 6.61 Å². The lowest BCUT2D eigenvalue weighted by atomic mass is 9.89. The molecule has 2 aliphatic rings. The maximum Gasteiger partial charge on any atom is 0.0779 e. The van der Waals surface area contributed by atoms with E-state index >= 15 is 0 Å². The summed E-state index contributed by atoms with van der Waals surface area (Å²) in [6, 6.07) is 6.60. The van der Waals surface area contributed by atoms with E-state index in [1.165, 1.54) is 25.7 Å². The summed E-state index contributed by atoms with van der Waals surface area (Å²) in [4.78, 5) is 2.45. The van der Waals surface area contributed by atoms with Gasteiger partial charge in [-0.3, -0.25) is 0 Å². The van der Waals surface area contributed by atoms with Gasteiger partial charge in [0.1, 0.15) is 0 Å². The van der Waals surface area contributed by atoms with Gasteiger partial charge in [-0.2, -0.15) is 0 Å². The molecule has 1 aromatic rings. The largest absolute Gasteiger partial charge is 0.392 e. The molecule has 2 atom stereocenters. The Hall–Kier alpha value is -0.580. The van der Waals surface area contributed by atoms with Gasteiger partial charge >= 0.3 is 0 Å². The second-order valence-corrected chi connectivity index (χ2v) is 6.30. The number of nitrogens with zero attached hydrogens (tertiary/aromatic N) is 1. The average molecular weight is 326 g/mol. The molecule has 1 aromatic carbocycles. The van der Waals surface area contributed by atoms with Crippen LogP contribution in [-0.2, 0) is 11.3 Å². The van der Waals surface area contributed by atoms with Crippen LogP contribution in [0.25, 0.3) is 0 Å². The monoisotopic (exact) mass is 325 g/mol. The van der Waals surface area contributed by atoms with Crippen LogP contribution < -0.4 is 4.90 Å². The van der Waals surface area contributed by atoms with Gasteiger partial charge in [0.15, 0.2) is 0 Å². The summed E-state index contributed by atoms with van der Waals surface area (Å²) in [6.07, 6.45) is 5.29. The molecule has 19 heavy (non-hydrogen) atoms. The van der Waals surface area contributed by atoms with Gasteiger partial charge < -0.3 is 14.7 Å². The first-order valence-electron chi connectivity index (χ1n) is 7.07. The third-order valence-corrected chi connectivity index (χ3v) is 4.75. The normalized spacial score (nSPS) is 27.2. The van der Waals surface area contributed by atoms with E-state index in [4.69, 9.17) is 4.74 Å². The molecule has 4 heteroatoms. The zero-order valence-electron chi connectivity index (χ0n) is 11.0. The van der Waals surface area contributed by atoms with Gasteiger partial charge in [0.2, 0.25) is 0 Å². The second-order valence-electron chi connectivity index (χ2n) is 5.39. The fourth-order valence-electron chi connectivity index (χ4n) is 3.33. The minimum Gasteiger partial charge on any atom is -0.392 e. The predicted octanol–water partition coefficient (Wildman–Crippen LogP) is 3.09. The fourth-order valence-corrected chi connectivity index (χ4v) is 3.68. The molecule has 0 radical (unpaired) electrons. The van der Waals surface area contributed by atoms with E-state index < -0.39 is 0 Å². The molecule has 1 heterocycles. The van der Waals surface area contributed by atoms with Crippen LogP contribution in [0.1, 0.15) is 31.2 Å². The molecule has 3 rings (SSSR count). The van der Waals surface area contributed by atoms with Crippen LogP contribution in [0.3, 0.4) is 0 Å². The minimum atomic E-state index is 0.0946. The number of aliphatic hydroxyl groups excluding tert-OH is 1. The Morgan fingerprint density at radius 3 is 3.00 bits per heavy atom. The van der Waals surface area contributed by atoms with Gasteiger partial charge in [-0.25, -0.2) is 0 Å². The summed E-state index contributed by atoms with van der Waals surface area (Å²) in [6.45, 7) is 1.81. The Kier molecular flexibility index (Phi) is 4.10. The zero-order valence-corrected chi connectivity index (χ0v) is 12.6. The van der Waals surface area contributed by atoms with Crippen LogP contribution in [0.5, 0.6) is 0 Å². The fraction of sp³-hybridized carbons (Fsp3) is 0.600. The summed E-state index contributed by atoms with van der Waals surface area (Å²) in [5, 5.41) is 9.56. The topological polar surface area (TPSA) is 32.7 Å². The molecule has 1 saturated carbocycles. The number of halogens is 1. The molecule has 1 N–H and O–H groups in total. The van der Waals surface area contributed by atoms with Crippen molar-refractivity contribution in [2.45, 2.75) is 44.4 Å². The third kappa shape index (κ3) is 2.67. The summed E-state index contributed by atoms with van der Waals surface area (Å²) < 4.78 is 6.99. The predicted molar refractivity (Wildman–Crippen MR) is 79.4 cm³/mol. The van der Waals surface area contributed by atoms with E-state index in [0.29, 0.717) is 12.1 Å². The number of rotatable bonds is 2. The van der Waals surface area contributed by atoms with Crippen LogP contribution in [0.2, 0.25) is 0 Å². The van der Waals surface area contributed by atoms with Gasteiger partial charge in [0.25, 0.3) is 0 Å². The summed E-state index contributed by atoms with van der Waals surface area (Å²) >= 11 is 3.54. The highest BCUT2D eigenvalue weighted by molar-refractivity contribution is 9.10. The Balaban J connectivity index is 1.93. The molecular weight excluding hydrogens is 306 g/mol. The van der Waals surface area contributed by atoms with E-state index in [0.717, 1.165) is 28.9 Å². The maximum absolute atomic E-state index is 9.56. The number of fused-ring (bicyclic) bond motifs is 1. The van der Waals surface area contributed by atoms with Gasteiger partial charge in [-0.05, 0) is 25.0 Å². The summed E-state index contributed by atoms with van der Waals surface area (Å²) in [5.74, 6) is 0. The highest BCUT2D eigenvalue weighted by Crippen LogP contribution is 2.34. The lowest BCUT2D eigenvalue weighted by molar-refractivity contribution is -0.00880. The average Bonchev–Trinajstić information content (AvgIpc) is 2.46. The molecule has 0 amide bonds. The van der Waals surface area contributed by atoms with Crippen molar-refractivity contribution >= 4 is 21.6 Å². The number of aliphatic hydroxyl groups is 1. The summed E-state index contributed by atoms with van der Waals surface area (Å²) in [7, 11) is 0. The smallest absolute Gasteiger partial charge is 0.0779 e. The van der Waals surface area contributed by atoms with Crippen molar-refractivity contribution < 1.29 is 9.84 Å². The highest BCUT2D eigenvalue weighted by atomic mass is 79.9. The van der Waals surface area contributed by atoms with Gasteiger partial charge in [0.05, 0.1) is 25.4 Å². The Labute approximate surface area is 122 Å². The SMILES string of the molecule is OCc1ccc(Br)cc1N1CCOC2CCCCC21. The molecule has 104 valence electrons. The quantitative estimate of drug-likeness (QED) is 0.907. The molecule has 0 spiro atoms. The van der Waals surface area contributed by atoms with Crippen LogP contribution >= 0.6 is 15.9 Å². The van der Waals surface area contributed by atoms with Crippen molar-refractivity contribution in [3.63, 3.8) is 0 Å². The van der Waals surface area contributed by atoms with Crippen molar-refractivity contribution in [3.8, 4) is 0 Å². The van der Waals surface area contributed by atoms with Crippen LogP contribution in [0.15, 0.2) is 22.7 Å². The molecule has 2 unspecified atom stereocenters. The van der Waals surface area contributed by atoms with Gasteiger partial charge in [-0.1, -0.05) is 34.8 Å². The molecule has 1 aliphatic carbocycles. The lowest BCUT2D eigenvalue weighted by Crippen LogP contribution is -2.53. The van der Waals surface area contributed by atoms with Crippen molar-refractivity contribution in [2.24, 2.45) is 0 Å². The van der Waals surface area contributed by atoms with Crippen molar-refractivity contribution in [1.29, 1.82) is 0 Å². The zero-order chi connectivity index (χ0) is 13.2. The van der Waals surface area contributed by atoms with Crippen molar-refractivity contribution in [1.82, 2.24) is 0 Å². The number of ether oxygens (including phenoxy) is 1. The Bertz CT molecular complexity index is 450. The van der Waals surface area contributed by atoms with Gasteiger partial charge in [-0.15, -0.1) is 0 Å². The number of hydrogen-bond donors (Lipinski definition) is 1. The Morgan fingerprint density at radius 2 is 2.16 bits per heavy atom. The number of hydrogen-bond acceptors (Lipinski definition) is 3.